The largest absolute Gasteiger partial charge is 0.493 e. The van der Waals surface area contributed by atoms with Crippen molar-refractivity contribution in [2.45, 2.75) is 6.42 Å². The SMILES string of the molecule is COc1ccccc1OCC(=O)NCCc1nc(-c2ccccc2Cl)no1. The van der Waals surface area contributed by atoms with Gasteiger partial charge in [-0.3, -0.25) is 4.79 Å². The Bertz CT molecular complexity index is 913. The first-order valence-corrected chi connectivity index (χ1v) is 8.65. The van der Waals surface area contributed by atoms with E-state index in [9.17, 15) is 4.79 Å². The minimum Gasteiger partial charge on any atom is -0.493 e. The number of carbonyl (C=O) groups is 1. The molecule has 0 aliphatic rings. The number of nitrogens with one attached hydrogen (secondary N) is 1. The van der Waals surface area contributed by atoms with Crippen LogP contribution in [-0.4, -0.2) is 36.3 Å². The van der Waals surface area contributed by atoms with Crippen LogP contribution < -0.4 is 14.8 Å². The summed E-state index contributed by atoms with van der Waals surface area (Å²) in [5, 5.41) is 7.21. The predicted octanol–water partition coefficient (Wildman–Crippen LogP) is 3.14. The minimum atomic E-state index is -0.258. The summed E-state index contributed by atoms with van der Waals surface area (Å²) in [6.07, 6.45) is 0.401. The molecule has 7 nitrogen and oxygen atoms in total. The van der Waals surface area contributed by atoms with Gasteiger partial charge in [-0.1, -0.05) is 41.0 Å². The predicted molar refractivity (Wildman–Crippen MR) is 99.9 cm³/mol. The zero-order valence-electron chi connectivity index (χ0n) is 14.6. The molecule has 140 valence electrons. The summed E-state index contributed by atoms with van der Waals surface area (Å²) in [5.74, 6) is 1.66. The van der Waals surface area contributed by atoms with Crippen molar-refractivity contribution in [1.29, 1.82) is 0 Å². The summed E-state index contributed by atoms with van der Waals surface area (Å²) in [6.45, 7) is 0.230. The zero-order chi connectivity index (χ0) is 19.1. The molecule has 0 atom stereocenters. The number of carbonyl (C=O) groups excluding carboxylic acids is 1. The number of aromatic nitrogens is 2. The first-order chi connectivity index (χ1) is 13.2. The molecule has 0 bridgehead atoms. The van der Waals surface area contributed by atoms with Gasteiger partial charge in [0.05, 0.1) is 12.1 Å². The van der Waals surface area contributed by atoms with Gasteiger partial charge >= 0.3 is 0 Å². The van der Waals surface area contributed by atoms with Crippen LogP contribution in [0.25, 0.3) is 11.4 Å². The summed E-state index contributed by atoms with van der Waals surface area (Å²) >= 11 is 6.12. The molecule has 0 unspecified atom stereocenters. The Hall–Kier alpha value is -3.06. The Labute approximate surface area is 161 Å². The minimum absolute atomic E-state index is 0.116. The lowest BCUT2D eigenvalue weighted by Gasteiger charge is -2.10. The van der Waals surface area contributed by atoms with E-state index >= 15 is 0 Å². The van der Waals surface area contributed by atoms with Crippen LogP contribution in [0.4, 0.5) is 0 Å². The lowest BCUT2D eigenvalue weighted by Crippen LogP contribution is -2.30. The van der Waals surface area contributed by atoms with Crippen LogP contribution >= 0.6 is 11.6 Å². The quantitative estimate of drug-likeness (QED) is 0.639. The van der Waals surface area contributed by atoms with Gasteiger partial charge in [0.1, 0.15) is 0 Å². The normalized spacial score (nSPS) is 10.4. The van der Waals surface area contributed by atoms with Crippen LogP contribution in [0.5, 0.6) is 11.5 Å². The third kappa shape index (κ3) is 4.98. The van der Waals surface area contributed by atoms with Crippen molar-refractivity contribution in [3.8, 4) is 22.9 Å². The summed E-state index contributed by atoms with van der Waals surface area (Å²) < 4.78 is 15.8. The van der Waals surface area contributed by atoms with Gasteiger partial charge in [0.15, 0.2) is 18.1 Å². The van der Waals surface area contributed by atoms with Gasteiger partial charge in [-0.15, -0.1) is 0 Å². The van der Waals surface area contributed by atoms with Gasteiger partial charge in [-0.2, -0.15) is 4.98 Å². The highest BCUT2D eigenvalue weighted by molar-refractivity contribution is 6.33. The van der Waals surface area contributed by atoms with Crippen LogP contribution in [0, 0.1) is 0 Å². The Morgan fingerprint density at radius 1 is 1.15 bits per heavy atom. The number of hydrogen-bond acceptors (Lipinski definition) is 6. The van der Waals surface area contributed by atoms with E-state index in [4.69, 9.17) is 25.6 Å². The second-order valence-electron chi connectivity index (χ2n) is 5.53. The number of rotatable bonds is 8. The van der Waals surface area contributed by atoms with Gasteiger partial charge in [0, 0.05) is 18.5 Å². The van der Waals surface area contributed by atoms with Crippen molar-refractivity contribution < 1.29 is 18.8 Å². The lowest BCUT2D eigenvalue weighted by atomic mass is 10.2. The van der Waals surface area contributed by atoms with E-state index in [1.165, 1.54) is 0 Å². The maximum absolute atomic E-state index is 11.9. The molecule has 0 radical (unpaired) electrons. The molecule has 1 aromatic heterocycles. The Morgan fingerprint density at radius 2 is 1.89 bits per heavy atom. The molecule has 2 aromatic carbocycles. The average Bonchev–Trinajstić information content (AvgIpc) is 3.15. The molecule has 0 aliphatic heterocycles. The summed E-state index contributed by atoms with van der Waals surface area (Å²) in [7, 11) is 1.55. The van der Waals surface area contributed by atoms with E-state index in [1.54, 1.807) is 25.3 Å². The molecule has 0 spiro atoms. The fourth-order valence-corrected chi connectivity index (χ4v) is 2.57. The molecular formula is C19H18ClN3O4. The van der Waals surface area contributed by atoms with Gasteiger partial charge in [-0.05, 0) is 24.3 Å². The smallest absolute Gasteiger partial charge is 0.257 e. The number of para-hydroxylation sites is 2. The van der Waals surface area contributed by atoms with Gasteiger partial charge in [-0.25, -0.2) is 0 Å². The van der Waals surface area contributed by atoms with Crippen LogP contribution in [0.3, 0.4) is 0 Å². The average molecular weight is 388 g/mol. The monoisotopic (exact) mass is 387 g/mol. The standard InChI is InChI=1S/C19H18ClN3O4/c1-25-15-8-4-5-9-16(15)26-12-17(24)21-11-10-18-22-19(23-27-18)13-6-2-3-7-14(13)20/h2-9H,10-12H2,1H3,(H,21,24). The fourth-order valence-electron chi connectivity index (χ4n) is 2.35. The van der Waals surface area contributed by atoms with Crippen molar-refractivity contribution in [2.75, 3.05) is 20.3 Å². The molecule has 1 amide bonds. The second kappa shape index (κ2) is 9.05. The van der Waals surface area contributed by atoms with Crippen molar-refractivity contribution in [1.82, 2.24) is 15.5 Å². The maximum atomic E-state index is 11.9. The maximum Gasteiger partial charge on any atom is 0.257 e. The molecule has 1 N–H and O–H groups in total. The van der Waals surface area contributed by atoms with Crippen LogP contribution in [0.1, 0.15) is 5.89 Å². The van der Waals surface area contributed by atoms with Crippen molar-refractivity contribution in [3.63, 3.8) is 0 Å². The van der Waals surface area contributed by atoms with Crippen LogP contribution in [-0.2, 0) is 11.2 Å². The van der Waals surface area contributed by atoms with Gasteiger partial charge < -0.3 is 19.3 Å². The molecule has 8 heteroatoms. The first kappa shape index (κ1) is 18.7. The summed E-state index contributed by atoms with van der Waals surface area (Å²) in [6, 6.07) is 14.4. The molecule has 0 fully saturated rings. The number of methoxy groups -OCH3 is 1. The molecule has 1 heterocycles. The molecule has 27 heavy (non-hydrogen) atoms. The Kier molecular flexibility index (Phi) is 6.27. The van der Waals surface area contributed by atoms with Gasteiger partial charge in [0.25, 0.3) is 5.91 Å². The second-order valence-corrected chi connectivity index (χ2v) is 5.94. The lowest BCUT2D eigenvalue weighted by molar-refractivity contribution is -0.123. The Morgan fingerprint density at radius 3 is 2.67 bits per heavy atom. The highest BCUT2D eigenvalue weighted by atomic mass is 35.5. The third-order valence-corrected chi connectivity index (χ3v) is 4.00. The number of hydrogen-bond donors (Lipinski definition) is 1. The van der Waals surface area contributed by atoms with E-state index < -0.39 is 0 Å². The van der Waals surface area contributed by atoms with E-state index in [-0.39, 0.29) is 12.5 Å². The zero-order valence-corrected chi connectivity index (χ0v) is 15.4. The molecule has 0 saturated carbocycles. The van der Waals surface area contributed by atoms with E-state index in [1.807, 2.05) is 30.3 Å². The highest BCUT2D eigenvalue weighted by Crippen LogP contribution is 2.26. The molecule has 0 aliphatic carbocycles. The van der Waals surface area contributed by atoms with E-state index in [2.05, 4.69) is 15.5 Å². The van der Waals surface area contributed by atoms with Crippen molar-refractivity contribution in [3.05, 3.63) is 59.4 Å². The topological polar surface area (TPSA) is 86.5 Å². The summed E-state index contributed by atoms with van der Waals surface area (Å²) in [5.41, 5.74) is 0.698. The van der Waals surface area contributed by atoms with Gasteiger partial charge in [0.2, 0.25) is 11.7 Å². The fraction of sp³-hybridized carbons (Fsp3) is 0.211. The first-order valence-electron chi connectivity index (χ1n) is 8.27. The number of benzene rings is 2. The van der Waals surface area contributed by atoms with E-state index in [0.29, 0.717) is 46.8 Å². The molecular weight excluding hydrogens is 370 g/mol. The molecule has 3 rings (SSSR count). The highest BCUT2D eigenvalue weighted by Gasteiger charge is 2.12. The third-order valence-electron chi connectivity index (χ3n) is 3.67. The Balaban J connectivity index is 1.46. The number of ether oxygens (including phenoxy) is 2. The summed E-state index contributed by atoms with van der Waals surface area (Å²) in [4.78, 5) is 16.2. The van der Waals surface area contributed by atoms with E-state index in [0.717, 1.165) is 0 Å². The molecule has 0 saturated heterocycles. The number of halogens is 1. The number of amides is 1. The van der Waals surface area contributed by atoms with Crippen LogP contribution in [0.2, 0.25) is 5.02 Å². The van der Waals surface area contributed by atoms with Crippen molar-refractivity contribution in [2.24, 2.45) is 0 Å². The number of nitrogens with zero attached hydrogens (tertiary/aromatic N) is 2. The molecule has 3 aromatic rings. The van der Waals surface area contributed by atoms with Crippen molar-refractivity contribution >= 4 is 17.5 Å². The van der Waals surface area contributed by atoms with Crippen LogP contribution in [0.15, 0.2) is 53.1 Å².